The van der Waals surface area contributed by atoms with Crippen molar-refractivity contribution in [3.05, 3.63) is 0 Å². The van der Waals surface area contributed by atoms with E-state index in [-0.39, 0.29) is 6.04 Å². The number of rotatable bonds is 2. The lowest BCUT2D eigenvalue weighted by Gasteiger charge is -2.37. The van der Waals surface area contributed by atoms with Crippen LogP contribution in [0.25, 0.3) is 0 Å². The predicted molar refractivity (Wildman–Crippen MR) is 51.6 cm³/mol. The first kappa shape index (κ1) is 10.5. The molecular formula is C10H19NO2. The van der Waals surface area contributed by atoms with Gasteiger partial charge in [0.25, 0.3) is 0 Å². The summed E-state index contributed by atoms with van der Waals surface area (Å²) in [6, 6.07) is -0.329. The fourth-order valence-electron chi connectivity index (χ4n) is 2.18. The van der Waals surface area contributed by atoms with E-state index in [0.29, 0.717) is 11.8 Å². The van der Waals surface area contributed by atoms with Gasteiger partial charge in [-0.25, -0.2) is 0 Å². The molecule has 76 valence electrons. The van der Waals surface area contributed by atoms with Gasteiger partial charge < -0.3 is 5.11 Å². The van der Waals surface area contributed by atoms with Gasteiger partial charge in [-0.15, -0.1) is 0 Å². The minimum Gasteiger partial charge on any atom is -0.480 e. The molecule has 1 rings (SSSR count). The predicted octanol–water partition coefficient (Wildman–Crippen LogP) is 1.44. The summed E-state index contributed by atoms with van der Waals surface area (Å²) >= 11 is 0. The Hall–Kier alpha value is -0.570. The largest absolute Gasteiger partial charge is 0.480 e. The molecule has 3 nitrogen and oxygen atoms in total. The normalized spacial score (nSPS) is 32.8. The molecule has 1 heterocycles. The zero-order valence-electron chi connectivity index (χ0n) is 8.66. The minimum atomic E-state index is -0.707. The molecule has 0 spiro atoms. The molecule has 0 bridgehead atoms. The van der Waals surface area contributed by atoms with Crippen molar-refractivity contribution >= 4 is 5.97 Å². The number of carbonyl (C=O) groups is 1. The fourth-order valence-corrected chi connectivity index (χ4v) is 2.18. The first-order valence-electron chi connectivity index (χ1n) is 4.97. The van der Waals surface area contributed by atoms with Crippen LogP contribution in [-0.2, 0) is 4.79 Å². The van der Waals surface area contributed by atoms with Crippen LogP contribution in [0.1, 0.15) is 27.2 Å². The van der Waals surface area contributed by atoms with E-state index >= 15 is 0 Å². The number of aliphatic carboxylic acids is 1. The van der Waals surface area contributed by atoms with Crippen molar-refractivity contribution in [1.29, 1.82) is 0 Å². The Bertz CT molecular complexity index is 183. The van der Waals surface area contributed by atoms with Gasteiger partial charge in [0.05, 0.1) is 0 Å². The lowest BCUT2D eigenvalue weighted by atomic mass is 9.91. The molecule has 0 amide bonds. The molecule has 0 radical (unpaired) electrons. The molecule has 0 aliphatic carbocycles. The SMILES string of the molecule is CC1CC(C)CN(C(C)C(=O)O)C1. The van der Waals surface area contributed by atoms with E-state index in [1.165, 1.54) is 6.42 Å². The Morgan fingerprint density at radius 2 is 1.85 bits per heavy atom. The number of nitrogens with zero attached hydrogens (tertiary/aromatic N) is 1. The second-order valence-corrected chi connectivity index (χ2v) is 4.41. The van der Waals surface area contributed by atoms with Crippen molar-refractivity contribution < 1.29 is 9.90 Å². The summed E-state index contributed by atoms with van der Waals surface area (Å²) in [7, 11) is 0. The van der Waals surface area contributed by atoms with Crippen molar-refractivity contribution in [2.45, 2.75) is 33.2 Å². The van der Waals surface area contributed by atoms with Gasteiger partial charge in [0.15, 0.2) is 0 Å². The summed E-state index contributed by atoms with van der Waals surface area (Å²) in [5.74, 6) is 0.553. The summed E-state index contributed by atoms with van der Waals surface area (Å²) in [5.41, 5.74) is 0. The maximum Gasteiger partial charge on any atom is 0.320 e. The van der Waals surface area contributed by atoms with E-state index in [0.717, 1.165) is 13.1 Å². The second kappa shape index (κ2) is 4.09. The summed E-state index contributed by atoms with van der Waals surface area (Å²) < 4.78 is 0. The average molecular weight is 185 g/mol. The van der Waals surface area contributed by atoms with Crippen molar-refractivity contribution in [1.82, 2.24) is 4.90 Å². The number of likely N-dealkylation sites (tertiary alicyclic amines) is 1. The monoisotopic (exact) mass is 185 g/mol. The average Bonchev–Trinajstić information content (AvgIpc) is 2.01. The van der Waals surface area contributed by atoms with Gasteiger partial charge in [0, 0.05) is 13.1 Å². The minimum absolute atomic E-state index is 0.329. The van der Waals surface area contributed by atoms with Gasteiger partial charge in [-0.1, -0.05) is 13.8 Å². The van der Waals surface area contributed by atoms with Gasteiger partial charge in [-0.05, 0) is 25.2 Å². The van der Waals surface area contributed by atoms with Crippen LogP contribution in [0.3, 0.4) is 0 Å². The van der Waals surface area contributed by atoms with Crippen LogP contribution in [0.2, 0.25) is 0 Å². The topological polar surface area (TPSA) is 40.5 Å². The lowest BCUT2D eigenvalue weighted by molar-refractivity contribution is -0.143. The Balaban J connectivity index is 2.54. The summed E-state index contributed by atoms with van der Waals surface area (Å²) in [4.78, 5) is 12.8. The first-order valence-corrected chi connectivity index (χ1v) is 4.97. The quantitative estimate of drug-likeness (QED) is 0.707. The molecule has 3 atom stereocenters. The van der Waals surface area contributed by atoms with Crippen LogP contribution in [0.15, 0.2) is 0 Å². The van der Waals surface area contributed by atoms with Gasteiger partial charge in [0.2, 0.25) is 0 Å². The third kappa shape index (κ3) is 2.69. The highest BCUT2D eigenvalue weighted by molar-refractivity contribution is 5.72. The Morgan fingerprint density at radius 3 is 2.23 bits per heavy atom. The van der Waals surface area contributed by atoms with Crippen LogP contribution in [0.4, 0.5) is 0 Å². The molecule has 1 fully saturated rings. The Kier molecular flexibility index (Phi) is 3.31. The van der Waals surface area contributed by atoms with Crippen molar-refractivity contribution in [2.24, 2.45) is 11.8 Å². The van der Waals surface area contributed by atoms with E-state index in [1.807, 2.05) is 0 Å². The highest BCUT2D eigenvalue weighted by Gasteiger charge is 2.28. The molecule has 0 saturated carbocycles. The number of piperidine rings is 1. The fraction of sp³-hybridized carbons (Fsp3) is 0.900. The third-order valence-electron chi connectivity index (χ3n) is 2.80. The number of hydrogen-bond donors (Lipinski definition) is 1. The lowest BCUT2D eigenvalue weighted by Crippen LogP contribution is -2.47. The molecule has 1 aliphatic rings. The van der Waals surface area contributed by atoms with Gasteiger partial charge in [-0.2, -0.15) is 0 Å². The molecule has 3 heteroatoms. The van der Waals surface area contributed by atoms with Crippen molar-refractivity contribution in [3.63, 3.8) is 0 Å². The second-order valence-electron chi connectivity index (χ2n) is 4.41. The summed E-state index contributed by atoms with van der Waals surface area (Å²) in [6.45, 7) is 8.01. The number of carboxylic acid groups (broad SMARTS) is 1. The maximum atomic E-state index is 10.8. The molecule has 1 saturated heterocycles. The molecule has 13 heavy (non-hydrogen) atoms. The molecule has 1 aliphatic heterocycles. The highest BCUT2D eigenvalue weighted by atomic mass is 16.4. The van der Waals surface area contributed by atoms with Crippen molar-refractivity contribution in [3.8, 4) is 0 Å². The van der Waals surface area contributed by atoms with E-state index in [1.54, 1.807) is 6.92 Å². The Labute approximate surface area is 79.7 Å². The third-order valence-corrected chi connectivity index (χ3v) is 2.80. The zero-order valence-corrected chi connectivity index (χ0v) is 8.66. The van der Waals surface area contributed by atoms with Crippen LogP contribution >= 0.6 is 0 Å². The summed E-state index contributed by atoms with van der Waals surface area (Å²) in [6.07, 6.45) is 1.23. The standard InChI is InChI=1S/C10H19NO2/c1-7-4-8(2)6-11(5-7)9(3)10(12)13/h7-9H,4-6H2,1-3H3,(H,12,13). The number of carboxylic acids is 1. The van der Waals surface area contributed by atoms with Gasteiger partial charge >= 0.3 is 5.97 Å². The maximum absolute atomic E-state index is 10.8. The Morgan fingerprint density at radius 1 is 1.38 bits per heavy atom. The van der Waals surface area contributed by atoms with E-state index in [2.05, 4.69) is 18.7 Å². The molecular weight excluding hydrogens is 166 g/mol. The van der Waals surface area contributed by atoms with E-state index in [4.69, 9.17) is 5.11 Å². The highest BCUT2D eigenvalue weighted by Crippen LogP contribution is 2.22. The van der Waals surface area contributed by atoms with Crippen LogP contribution in [-0.4, -0.2) is 35.1 Å². The molecule has 1 N–H and O–H groups in total. The van der Waals surface area contributed by atoms with Gasteiger partial charge in [-0.3, -0.25) is 9.69 Å². The first-order chi connectivity index (χ1) is 6.00. The number of hydrogen-bond acceptors (Lipinski definition) is 2. The molecule has 0 aromatic carbocycles. The van der Waals surface area contributed by atoms with Crippen LogP contribution < -0.4 is 0 Å². The van der Waals surface area contributed by atoms with Gasteiger partial charge in [0.1, 0.15) is 6.04 Å². The molecule has 0 aromatic heterocycles. The summed E-state index contributed by atoms with van der Waals surface area (Å²) in [5, 5.41) is 8.87. The zero-order chi connectivity index (χ0) is 10.0. The smallest absolute Gasteiger partial charge is 0.320 e. The van der Waals surface area contributed by atoms with E-state index in [9.17, 15) is 4.79 Å². The molecule has 3 unspecified atom stereocenters. The molecule has 0 aromatic rings. The van der Waals surface area contributed by atoms with Crippen LogP contribution in [0, 0.1) is 11.8 Å². The van der Waals surface area contributed by atoms with Crippen LogP contribution in [0.5, 0.6) is 0 Å². The van der Waals surface area contributed by atoms with Crippen molar-refractivity contribution in [2.75, 3.05) is 13.1 Å². The van der Waals surface area contributed by atoms with E-state index < -0.39 is 5.97 Å².